The number of hydrogen-bond acceptors (Lipinski definition) is 8. The van der Waals surface area contributed by atoms with E-state index in [0.29, 0.717) is 29.0 Å². The lowest BCUT2D eigenvalue weighted by molar-refractivity contribution is 0.417. The van der Waals surface area contributed by atoms with Crippen LogP contribution in [0.5, 0.6) is 11.6 Å². The van der Waals surface area contributed by atoms with E-state index in [9.17, 15) is 8.42 Å². The van der Waals surface area contributed by atoms with E-state index in [2.05, 4.69) is 29.4 Å². The van der Waals surface area contributed by atoms with Crippen LogP contribution in [0.4, 0.5) is 5.69 Å². The van der Waals surface area contributed by atoms with Crippen LogP contribution in [-0.4, -0.2) is 33.1 Å². The molecule has 0 atom stereocenters. The predicted molar refractivity (Wildman–Crippen MR) is 102 cm³/mol. The Balaban J connectivity index is 1.52. The molecule has 4 rings (SSSR count). The fourth-order valence-electron chi connectivity index (χ4n) is 2.57. The summed E-state index contributed by atoms with van der Waals surface area (Å²) in [5.41, 5.74) is 0.368. The third-order valence-corrected chi connectivity index (χ3v) is 5.25. The first-order valence-electron chi connectivity index (χ1n) is 8.47. The van der Waals surface area contributed by atoms with E-state index in [4.69, 9.17) is 4.74 Å². The van der Waals surface area contributed by atoms with Gasteiger partial charge in [-0.2, -0.15) is 4.98 Å². The predicted octanol–water partition coefficient (Wildman–Crippen LogP) is 2.86. The SMILES string of the molecule is Cc1nc(Oc2ccc(NS(=O)(=O)c3cnoc3)cc2)cc(-n2ccnc2C)n1. The Hall–Kier alpha value is -3.73. The molecule has 4 aromatic rings. The summed E-state index contributed by atoms with van der Waals surface area (Å²) in [6, 6.07) is 8.12. The van der Waals surface area contributed by atoms with Gasteiger partial charge in [0.25, 0.3) is 10.0 Å². The monoisotopic (exact) mass is 412 g/mol. The molecule has 3 aromatic heterocycles. The van der Waals surface area contributed by atoms with Crippen LogP contribution in [0, 0.1) is 13.8 Å². The van der Waals surface area contributed by atoms with Crippen LogP contribution in [0.15, 0.2) is 64.6 Å². The molecule has 0 spiro atoms. The minimum atomic E-state index is -3.76. The van der Waals surface area contributed by atoms with E-state index in [0.717, 1.165) is 18.3 Å². The molecule has 1 N–H and O–H groups in total. The highest BCUT2D eigenvalue weighted by molar-refractivity contribution is 7.92. The fraction of sp³-hybridized carbons (Fsp3) is 0.111. The highest BCUT2D eigenvalue weighted by Gasteiger charge is 2.16. The zero-order valence-corrected chi connectivity index (χ0v) is 16.3. The normalized spacial score (nSPS) is 11.4. The van der Waals surface area contributed by atoms with Crippen molar-refractivity contribution in [3.63, 3.8) is 0 Å². The maximum absolute atomic E-state index is 12.2. The molecule has 0 unspecified atom stereocenters. The number of rotatable bonds is 6. The van der Waals surface area contributed by atoms with Crippen molar-refractivity contribution < 1.29 is 17.7 Å². The molecule has 0 aliphatic rings. The number of sulfonamides is 1. The lowest BCUT2D eigenvalue weighted by Gasteiger charge is -2.10. The number of nitrogens with one attached hydrogen (secondary N) is 1. The largest absolute Gasteiger partial charge is 0.439 e. The van der Waals surface area contributed by atoms with Gasteiger partial charge in [-0.3, -0.25) is 9.29 Å². The summed E-state index contributed by atoms with van der Waals surface area (Å²) in [5, 5.41) is 3.40. The molecular weight excluding hydrogens is 396 g/mol. The Kier molecular flexibility index (Phi) is 4.72. The van der Waals surface area contributed by atoms with Gasteiger partial charge in [0.15, 0.2) is 0 Å². The van der Waals surface area contributed by atoms with Crippen molar-refractivity contribution in [1.82, 2.24) is 24.7 Å². The average molecular weight is 412 g/mol. The fourth-order valence-corrected chi connectivity index (χ4v) is 3.49. The summed E-state index contributed by atoms with van der Waals surface area (Å²) in [5.74, 6) is 2.82. The van der Waals surface area contributed by atoms with Crippen LogP contribution >= 0.6 is 0 Å². The third-order valence-electron chi connectivity index (χ3n) is 3.92. The summed E-state index contributed by atoms with van der Waals surface area (Å²) >= 11 is 0. The first-order chi connectivity index (χ1) is 13.9. The Labute approximate surface area is 166 Å². The molecule has 11 heteroatoms. The van der Waals surface area contributed by atoms with Gasteiger partial charge in [0.2, 0.25) is 5.88 Å². The third kappa shape index (κ3) is 4.09. The quantitative estimate of drug-likeness (QED) is 0.512. The molecule has 0 radical (unpaired) electrons. The van der Waals surface area contributed by atoms with Crippen molar-refractivity contribution in [2.75, 3.05) is 4.72 Å². The van der Waals surface area contributed by atoms with Gasteiger partial charge in [-0.05, 0) is 38.1 Å². The number of ether oxygens (including phenoxy) is 1. The lowest BCUT2D eigenvalue weighted by Crippen LogP contribution is -2.11. The Morgan fingerprint density at radius 3 is 2.59 bits per heavy atom. The van der Waals surface area contributed by atoms with Gasteiger partial charge in [0.05, 0.1) is 6.20 Å². The molecule has 29 heavy (non-hydrogen) atoms. The van der Waals surface area contributed by atoms with E-state index >= 15 is 0 Å². The first kappa shape index (κ1) is 18.6. The molecular formula is C18H16N6O4S. The van der Waals surface area contributed by atoms with Crippen molar-refractivity contribution in [3.8, 4) is 17.4 Å². The van der Waals surface area contributed by atoms with Crippen molar-refractivity contribution >= 4 is 15.7 Å². The van der Waals surface area contributed by atoms with Crippen molar-refractivity contribution in [2.24, 2.45) is 0 Å². The summed E-state index contributed by atoms with van der Waals surface area (Å²) in [7, 11) is -3.76. The van der Waals surface area contributed by atoms with Gasteiger partial charge < -0.3 is 9.26 Å². The van der Waals surface area contributed by atoms with E-state index in [1.807, 2.05) is 11.5 Å². The number of aromatic nitrogens is 5. The van der Waals surface area contributed by atoms with Crippen LogP contribution in [0.2, 0.25) is 0 Å². The van der Waals surface area contributed by atoms with Gasteiger partial charge in [-0.15, -0.1) is 0 Å². The number of imidazole rings is 1. The van der Waals surface area contributed by atoms with E-state index in [-0.39, 0.29) is 4.90 Å². The Morgan fingerprint density at radius 1 is 1.14 bits per heavy atom. The minimum Gasteiger partial charge on any atom is -0.439 e. The second kappa shape index (κ2) is 7.36. The number of benzene rings is 1. The van der Waals surface area contributed by atoms with Gasteiger partial charge in [-0.25, -0.2) is 18.4 Å². The molecule has 1 aromatic carbocycles. The highest BCUT2D eigenvalue weighted by atomic mass is 32.2. The zero-order valence-electron chi connectivity index (χ0n) is 15.5. The van der Waals surface area contributed by atoms with Crippen molar-refractivity contribution in [2.45, 2.75) is 18.7 Å². The van der Waals surface area contributed by atoms with Gasteiger partial charge in [-0.1, -0.05) is 5.16 Å². The van der Waals surface area contributed by atoms with Crippen LogP contribution in [-0.2, 0) is 10.0 Å². The summed E-state index contributed by atoms with van der Waals surface area (Å²) in [6.45, 7) is 3.64. The molecule has 0 bridgehead atoms. The number of aryl methyl sites for hydroxylation is 2. The molecule has 10 nitrogen and oxygen atoms in total. The molecule has 3 heterocycles. The second-order valence-electron chi connectivity index (χ2n) is 6.05. The molecule has 0 amide bonds. The number of hydrogen-bond donors (Lipinski definition) is 1. The average Bonchev–Trinajstić information content (AvgIpc) is 3.35. The van der Waals surface area contributed by atoms with E-state index in [1.165, 1.54) is 0 Å². The van der Waals surface area contributed by atoms with E-state index < -0.39 is 10.0 Å². The summed E-state index contributed by atoms with van der Waals surface area (Å²) in [6.07, 6.45) is 5.66. The highest BCUT2D eigenvalue weighted by Crippen LogP contribution is 2.24. The molecule has 0 fully saturated rings. The Morgan fingerprint density at radius 2 is 1.93 bits per heavy atom. The van der Waals surface area contributed by atoms with Crippen LogP contribution < -0.4 is 9.46 Å². The van der Waals surface area contributed by atoms with Crippen molar-refractivity contribution in [3.05, 3.63) is 66.8 Å². The van der Waals surface area contributed by atoms with Crippen LogP contribution in [0.1, 0.15) is 11.6 Å². The molecule has 0 saturated heterocycles. The molecule has 148 valence electrons. The lowest BCUT2D eigenvalue weighted by atomic mass is 10.3. The van der Waals surface area contributed by atoms with Gasteiger partial charge >= 0.3 is 0 Å². The maximum Gasteiger partial charge on any atom is 0.266 e. The summed E-state index contributed by atoms with van der Waals surface area (Å²) in [4.78, 5) is 12.8. The topological polar surface area (TPSA) is 125 Å². The standard InChI is InChI=1S/C18H16N6O4S/c1-12-21-17(24-8-7-19-13(24)2)9-18(22-12)28-15-5-3-14(4-6-15)23-29(25,26)16-10-20-27-11-16/h3-11,23H,1-2H3. The minimum absolute atomic E-state index is 0.0587. The first-order valence-corrected chi connectivity index (χ1v) is 9.95. The molecule has 0 saturated carbocycles. The Bertz CT molecular complexity index is 1230. The van der Waals surface area contributed by atoms with Crippen molar-refractivity contribution in [1.29, 1.82) is 0 Å². The van der Waals surface area contributed by atoms with Gasteiger partial charge in [0.1, 0.15) is 34.4 Å². The molecule has 0 aliphatic heterocycles. The number of anilines is 1. The second-order valence-corrected chi connectivity index (χ2v) is 7.73. The number of nitrogens with zero attached hydrogens (tertiary/aromatic N) is 5. The zero-order chi connectivity index (χ0) is 20.4. The molecule has 0 aliphatic carbocycles. The van der Waals surface area contributed by atoms with E-state index in [1.54, 1.807) is 49.6 Å². The van der Waals surface area contributed by atoms with Crippen LogP contribution in [0.3, 0.4) is 0 Å². The smallest absolute Gasteiger partial charge is 0.266 e. The van der Waals surface area contributed by atoms with Gasteiger partial charge in [0, 0.05) is 24.1 Å². The maximum atomic E-state index is 12.2. The summed E-state index contributed by atoms with van der Waals surface area (Å²) < 4.78 is 39.0. The van der Waals surface area contributed by atoms with Crippen LogP contribution in [0.25, 0.3) is 5.82 Å².